The SMILES string of the molecule is CC1(C#N)CCN(C(=O)C2CCCC(C(F)(F)F)C2)CC1. The average molecular weight is 302 g/mol. The van der Waals surface area contributed by atoms with E-state index in [1.54, 1.807) is 4.90 Å². The van der Waals surface area contributed by atoms with Crippen molar-refractivity contribution in [1.29, 1.82) is 5.26 Å². The monoisotopic (exact) mass is 302 g/mol. The number of alkyl halides is 3. The van der Waals surface area contributed by atoms with E-state index < -0.39 is 23.4 Å². The van der Waals surface area contributed by atoms with Crippen molar-refractivity contribution in [2.45, 2.75) is 51.6 Å². The van der Waals surface area contributed by atoms with Gasteiger partial charge in [-0.15, -0.1) is 0 Å². The zero-order valence-corrected chi connectivity index (χ0v) is 12.2. The smallest absolute Gasteiger partial charge is 0.342 e. The predicted octanol–water partition coefficient (Wildman–Crippen LogP) is 3.51. The normalized spacial score (nSPS) is 29.8. The van der Waals surface area contributed by atoms with Gasteiger partial charge in [0.05, 0.1) is 17.4 Å². The van der Waals surface area contributed by atoms with Crippen LogP contribution in [-0.2, 0) is 4.79 Å². The van der Waals surface area contributed by atoms with E-state index in [0.717, 1.165) is 0 Å². The summed E-state index contributed by atoms with van der Waals surface area (Å²) in [5.41, 5.74) is -0.405. The number of amides is 1. The number of likely N-dealkylation sites (tertiary alicyclic amines) is 1. The number of halogens is 3. The van der Waals surface area contributed by atoms with E-state index in [1.807, 2.05) is 6.92 Å². The van der Waals surface area contributed by atoms with Gasteiger partial charge in [0.25, 0.3) is 0 Å². The number of nitriles is 1. The quantitative estimate of drug-likeness (QED) is 0.744. The highest BCUT2D eigenvalue weighted by Crippen LogP contribution is 2.41. The molecule has 3 nitrogen and oxygen atoms in total. The van der Waals surface area contributed by atoms with Gasteiger partial charge in [0, 0.05) is 19.0 Å². The topological polar surface area (TPSA) is 44.1 Å². The second kappa shape index (κ2) is 5.86. The lowest BCUT2D eigenvalue weighted by Crippen LogP contribution is -2.45. The summed E-state index contributed by atoms with van der Waals surface area (Å²) in [6.07, 6.45) is -1.91. The Morgan fingerprint density at radius 1 is 1.29 bits per heavy atom. The van der Waals surface area contributed by atoms with Gasteiger partial charge in [0.15, 0.2) is 0 Å². The Morgan fingerprint density at radius 2 is 1.90 bits per heavy atom. The number of hydrogen-bond acceptors (Lipinski definition) is 2. The fraction of sp³-hybridized carbons (Fsp3) is 0.867. The molecule has 6 heteroatoms. The first-order chi connectivity index (χ1) is 9.75. The average Bonchev–Trinajstić information content (AvgIpc) is 2.47. The van der Waals surface area contributed by atoms with Crippen LogP contribution in [0.15, 0.2) is 0 Å². The van der Waals surface area contributed by atoms with Crippen molar-refractivity contribution in [2.24, 2.45) is 17.3 Å². The van der Waals surface area contributed by atoms with Crippen molar-refractivity contribution in [3.63, 3.8) is 0 Å². The van der Waals surface area contributed by atoms with Gasteiger partial charge in [0.2, 0.25) is 5.91 Å². The van der Waals surface area contributed by atoms with Gasteiger partial charge < -0.3 is 4.90 Å². The van der Waals surface area contributed by atoms with Crippen LogP contribution in [0.3, 0.4) is 0 Å². The molecule has 1 aliphatic carbocycles. The zero-order valence-electron chi connectivity index (χ0n) is 12.2. The van der Waals surface area contributed by atoms with Crippen LogP contribution in [0.1, 0.15) is 45.4 Å². The third-order valence-electron chi connectivity index (χ3n) is 4.93. The molecular weight excluding hydrogens is 281 g/mol. The first-order valence-electron chi connectivity index (χ1n) is 7.52. The van der Waals surface area contributed by atoms with Crippen LogP contribution < -0.4 is 0 Å². The molecule has 1 amide bonds. The number of hydrogen-bond donors (Lipinski definition) is 0. The Kier molecular flexibility index (Phi) is 4.50. The summed E-state index contributed by atoms with van der Waals surface area (Å²) >= 11 is 0. The highest BCUT2D eigenvalue weighted by atomic mass is 19.4. The minimum Gasteiger partial charge on any atom is -0.342 e. The highest BCUT2D eigenvalue weighted by Gasteiger charge is 2.44. The van der Waals surface area contributed by atoms with Crippen molar-refractivity contribution in [3.05, 3.63) is 0 Å². The molecule has 2 rings (SSSR count). The molecule has 0 aromatic rings. The van der Waals surface area contributed by atoms with E-state index in [-0.39, 0.29) is 18.7 Å². The van der Waals surface area contributed by atoms with Crippen LogP contribution in [0, 0.1) is 28.6 Å². The first kappa shape index (κ1) is 16.1. The molecule has 1 heterocycles. The fourth-order valence-corrected chi connectivity index (χ4v) is 3.30. The largest absolute Gasteiger partial charge is 0.391 e. The van der Waals surface area contributed by atoms with Crippen LogP contribution >= 0.6 is 0 Å². The molecule has 118 valence electrons. The number of rotatable bonds is 1. The van der Waals surface area contributed by atoms with E-state index in [1.165, 1.54) is 0 Å². The Hall–Kier alpha value is -1.25. The van der Waals surface area contributed by atoms with Gasteiger partial charge >= 0.3 is 6.18 Å². The fourth-order valence-electron chi connectivity index (χ4n) is 3.30. The van der Waals surface area contributed by atoms with Crippen LogP contribution in [0.25, 0.3) is 0 Å². The van der Waals surface area contributed by atoms with Crippen molar-refractivity contribution < 1.29 is 18.0 Å². The third kappa shape index (κ3) is 3.69. The third-order valence-corrected chi connectivity index (χ3v) is 4.93. The summed E-state index contributed by atoms with van der Waals surface area (Å²) in [6.45, 7) is 2.83. The first-order valence-corrected chi connectivity index (χ1v) is 7.52. The van der Waals surface area contributed by atoms with Crippen LogP contribution in [0.2, 0.25) is 0 Å². The molecule has 2 unspecified atom stereocenters. The molecule has 0 aromatic heterocycles. The number of carbonyl (C=O) groups is 1. The second-order valence-corrected chi connectivity index (χ2v) is 6.60. The van der Waals surface area contributed by atoms with Crippen molar-refractivity contribution in [3.8, 4) is 6.07 Å². The maximum absolute atomic E-state index is 12.8. The van der Waals surface area contributed by atoms with Crippen LogP contribution in [0.4, 0.5) is 13.2 Å². The van der Waals surface area contributed by atoms with Gasteiger partial charge in [0.1, 0.15) is 0 Å². The minimum atomic E-state index is -4.19. The van der Waals surface area contributed by atoms with Crippen LogP contribution in [-0.4, -0.2) is 30.1 Å². The number of carbonyl (C=O) groups excluding carboxylic acids is 1. The summed E-state index contributed by atoms with van der Waals surface area (Å²) in [5, 5.41) is 9.07. The lowest BCUT2D eigenvalue weighted by molar-refractivity contribution is -0.187. The Labute approximate surface area is 123 Å². The van der Waals surface area contributed by atoms with Gasteiger partial charge in [-0.25, -0.2) is 0 Å². The van der Waals surface area contributed by atoms with E-state index in [4.69, 9.17) is 5.26 Å². The molecule has 0 radical (unpaired) electrons. The van der Waals surface area contributed by atoms with E-state index in [2.05, 4.69) is 6.07 Å². The summed E-state index contributed by atoms with van der Waals surface area (Å²) in [6, 6.07) is 2.26. The molecule has 2 atom stereocenters. The Morgan fingerprint density at radius 3 is 2.43 bits per heavy atom. The molecule has 1 saturated carbocycles. The van der Waals surface area contributed by atoms with Gasteiger partial charge in [-0.1, -0.05) is 6.42 Å². The molecule has 2 aliphatic rings. The molecule has 0 bridgehead atoms. The molecule has 0 aromatic carbocycles. The molecule has 2 fully saturated rings. The summed E-state index contributed by atoms with van der Waals surface area (Å²) < 4.78 is 38.4. The Bertz CT molecular complexity index is 433. The molecular formula is C15H21F3N2O. The standard InChI is InChI=1S/C15H21F3N2O/c1-14(10-19)5-7-20(8-6-14)13(21)11-3-2-4-12(9-11)15(16,17)18/h11-12H,2-9H2,1H3. The lowest BCUT2D eigenvalue weighted by Gasteiger charge is -2.38. The minimum absolute atomic E-state index is 0.0750. The molecule has 0 spiro atoms. The van der Waals surface area contributed by atoms with Crippen molar-refractivity contribution >= 4 is 5.91 Å². The Balaban J connectivity index is 1.94. The molecule has 21 heavy (non-hydrogen) atoms. The maximum Gasteiger partial charge on any atom is 0.391 e. The molecule has 1 saturated heterocycles. The number of nitrogens with zero attached hydrogens (tertiary/aromatic N) is 2. The summed E-state index contributed by atoms with van der Waals surface area (Å²) in [5.74, 6) is -1.99. The number of piperidine rings is 1. The zero-order chi connectivity index (χ0) is 15.7. The molecule has 1 aliphatic heterocycles. The van der Waals surface area contributed by atoms with Crippen LogP contribution in [0.5, 0.6) is 0 Å². The van der Waals surface area contributed by atoms with Gasteiger partial charge in [-0.3, -0.25) is 4.79 Å². The van der Waals surface area contributed by atoms with E-state index >= 15 is 0 Å². The predicted molar refractivity (Wildman–Crippen MR) is 71.0 cm³/mol. The summed E-state index contributed by atoms with van der Waals surface area (Å²) in [7, 11) is 0. The highest BCUT2D eigenvalue weighted by molar-refractivity contribution is 5.79. The molecule has 0 N–H and O–H groups in total. The lowest BCUT2D eigenvalue weighted by atomic mass is 9.78. The van der Waals surface area contributed by atoms with Gasteiger partial charge in [-0.05, 0) is 39.0 Å². The van der Waals surface area contributed by atoms with E-state index in [0.29, 0.717) is 38.8 Å². The van der Waals surface area contributed by atoms with E-state index in [9.17, 15) is 18.0 Å². The van der Waals surface area contributed by atoms with Crippen molar-refractivity contribution in [2.75, 3.05) is 13.1 Å². The second-order valence-electron chi connectivity index (χ2n) is 6.60. The maximum atomic E-state index is 12.8. The van der Waals surface area contributed by atoms with Gasteiger partial charge in [-0.2, -0.15) is 18.4 Å². The van der Waals surface area contributed by atoms with Crippen molar-refractivity contribution in [1.82, 2.24) is 4.90 Å². The summed E-state index contributed by atoms with van der Waals surface area (Å²) in [4.78, 5) is 14.1.